The highest BCUT2D eigenvalue weighted by Gasteiger charge is 2.47. The highest BCUT2D eigenvalue weighted by Crippen LogP contribution is 2.49. The van der Waals surface area contributed by atoms with Crippen LogP contribution in [-0.4, -0.2) is 71.5 Å². The van der Waals surface area contributed by atoms with E-state index in [1.807, 2.05) is 46.8 Å². The number of rotatable bonds is 17. The van der Waals surface area contributed by atoms with E-state index in [-0.39, 0.29) is 22.6 Å². The Bertz CT molecular complexity index is 2010. The first-order valence-corrected chi connectivity index (χ1v) is 20.1. The minimum Gasteiger partial charge on any atom is -0.481 e. The lowest BCUT2D eigenvalue weighted by atomic mass is 9.78. The van der Waals surface area contributed by atoms with Crippen LogP contribution in [0.15, 0.2) is 69.6 Å². The summed E-state index contributed by atoms with van der Waals surface area (Å²) in [5, 5.41) is 18.2. The van der Waals surface area contributed by atoms with Crippen LogP contribution in [0.1, 0.15) is 104 Å². The van der Waals surface area contributed by atoms with Crippen LogP contribution in [0.5, 0.6) is 0 Å². The fourth-order valence-corrected chi connectivity index (χ4v) is 8.36. The lowest BCUT2D eigenvalue weighted by molar-refractivity contribution is -0.438. The van der Waals surface area contributed by atoms with Crippen molar-refractivity contribution in [2.45, 2.75) is 113 Å². The van der Waals surface area contributed by atoms with Gasteiger partial charge in [-0.3, -0.25) is 18.7 Å². The van der Waals surface area contributed by atoms with Gasteiger partial charge in [-0.25, -0.2) is 0 Å². The van der Waals surface area contributed by atoms with E-state index in [9.17, 15) is 35.5 Å². The van der Waals surface area contributed by atoms with Crippen molar-refractivity contribution in [1.29, 1.82) is 0 Å². The van der Waals surface area contributed by atoms with Crippen molar-refractivity contribution in [3.05, 3.63) is 70.9 Å². The number of anilines is 1. The van der Waals surface area contributed by atoms with Crippen LogP contribution in [0.2, 0.25) is 0 Å². The normalized spacial score (nSPS) is 17.6. The fraction of sp³-hybridized carbons (Fsp3) is 0.486. The first-order chi connectivity index (χ1) is 23.7. The minimum atomic E-state index is -4.46. The molecule has 2 aromatic carbocycles. The maximum absolute atomic E-state index is 12.1. The van der Waals surface area contributed by atoms with Gasteiger partial charge < -0.3 is 15.1 Å². The van der Waals surface area contributed by atoms with Gasteiger partial charge in [-0.05, 0) is 87.9 Å². The highest BCUT2D eigenvalue weighted by atomic mass is 32.2. The molecule has 2 aliphatic rings. The van der Waals surface area contributed by atoms with Crippen molar-refractivity contribution >= 4 is 49.3 Å². The van der Waals surface area contributed by atoms with Gasteiger partial charge in [-0.15, -0.1) is 0 Å². The van der Waals surface area contributed by atoms with E-state index in [0.717, 1.165) is 39.5 Å². The second kappa shape index (κ2) is 15.4. The van der Waals surface area contributed by atoms with Gasteiger partial charge in [-0.1, -0.05) is 33.3 Å². The third-order valence-electron chi connectivity index (χ3n) is 9.93. The Balaban J connectivity index is 1.83. The SMILES string of the molecule is CC/C(=C/C=C1\N(CCCCCC(=O)O)c2ccc(S(=O)(=O)O)cc2C1(C)C)C1=[N+](CCCCCC(=O)O)c2ccc(S(=O)(=O)O)cc2C1(C)C. The van der Waals surface area contributed by atoms with E-state index in [4.69, 9.17) is 10.2 Å². The predicted molar refractivity (Wildman–Crippen MR) is 194 cm³/mol. The number of nitrogens with zero attached hydrogens (tertiary/aromatic N) is 2. The van der Waals surface area contributed by atoms with Crippen LogP contribution in [-0.2, 0) is 40.7 Å². The first kappa shape index (κ1) is 39.9. The molecule has 0 spiro atoms. The number of carboxylic acids is 2. The minimum absolute atomic E-state index is 0.0731. The molecule has 2 aliphatic heterocycles. The van der Waals surface area contributed by atoms with Crippen molar-refractivity contribution in [1.82, 2.24) is 0 Å². The number of allylic oxidation sites excluding steroid dienone is 4. The van der Waals surface area contributed by atoms with E-state index < -0.39 is 43.0 Å². The number of aliphatic carboxylic acids is 2. The molecular formula is C37H49N2O10S2+. The number of carboxylic acid groups (broad SMARTS) is 2. The number of hydrogen-bond acceptors (Lipinski definition) is 7. The zero-order chi connectivity index (χ0) is 37.9. The van der Waals surface area contributed by atoms with Crippen molar-refractivity contribution in [3.8, 4) is 0 Å². The molecule has 0 saturated carbocycles. The molecule has 12 nitrogen and oxygen atoms in total. The Morgan fingerprint density at radius 2 is 1.31 bits per heavy atom. The largest absolute Gasteiger partial charge is 0.481 e. The third-order valence-corrected chi connectivity index (χ3v) is 11.6. The molecule has 0 aromatic heterocycles. The Morgan fingerprint density at radius 1 is 0.765 bits per heavy atom. The molecule has 0 fully saturated rings. The Kier molecular flexibility index (Phi) is 12.1. The summed E-state index contributed by atoms with van der Waals surface area (Å²) < 4.78 is 70.3. The molecule has 0 amide bonds. The maximum Gasteiger partial charge on any atom is 0.303 e. The molecule has 0 bridgehead atoms. The highest BCUT2D eigenvalue weighted by molar-refractivity contribution is 7.86. The van der Waals surface area contributed by atoms with Crippen LogP contribution >= 0.6 is 0 Å². The van der Waals surface area contributed by atoms with E-state index in [1.165, 1.54) is 24.3 Å². The summed E-state index contributed by atoms with van der Waals surface area (Å²) in [5.74, 6) is -1.70. The Morgan fingerprint density at radius 3 is 1.86 bits per heavy atom. The monoisotopic (exact) mass is 745 g/mol. The summed E-state index contributed by atoms with van der Waals surface area (Å²) >= 11 is 0. The van der Waals surface area contributed by atoms with Gasteiger partial charge >= 0.3 is 11.9 Å². The maximum atomic E-state index is 12.1. The molecule has 14 heteroatoms. The molecule has 0 aliphatic carbocycles. The van der Waals surface area contributed by atoms with Gasteiger partial charge in [0.15, 0.2) is 5.71 Å². The van der Waals surface area contributed by atoms with Crippen molar-refractivity contribution in [2.24, 2.45) is 0 Å². The summed E-state index contributed by atoms with van der Waals surface area (Å²) in [6.45, 7) is 11.1. The average molecular weight is 746 g/mol. The number of benzene rings is 2. The van der Waals surface area contributed by atoms with E-state index in [2.05, 4.69) is 9.48 Å². The van der Waals surface area contributed by atoms with Crippen molar-refractivity contribution in [2.75, 3.05) is 18.0 Å². The summed E-state index contributed by atoms with van der Waals surface area (Å²) in [4.78, 5) is 23.9. The quantitative estimate of drug-likeness (QED) is 0.0752. The standard InChI is InChI=1S/C37H48N2O10S2/c1-6-25(35-37(4,5)29-24-27(51(47,48)49)17-19-31(29)39(35)22-12-8-10-14-34(42)43)15-20-32-36(2,3)28-23-26(50(44,45)46)16-18-30(28)38(32)21-11-7-9-13-33(40)41/h15-20,23-24H,6-14,21-22H2,1-5H3,(H3-,40,41,42,43,44,45,46,47,48,49)/p+1. The van der Waals surface area contributed by atoms with Crippen LogP contribution < -0.4 is 4.90 Å². The summed E-state index contributed by atoms with van der Waals surface area (Å²) in [5.41, 5.74) is 4.50. The molecule has 0 unspecified atom stereocenters. The summed E-state index contributed by atoms with van der Waals surface area (Å²) in [6, 6.07) is 9.16. The topological polar surface area (TPSA) is 190 Å². The molecule has 0 saturated heterocycles. The molecule has 0 atom stereocenters. The number of fused-ring (bicyclic) bond motifs is 2. The van der Waals surface area contributed by atoms with E-state index in [0.29, 0.717) is 58.0 Å². The molecule has 2 aromatic rings. The van der Waals surface area contributed by atoms with Crippen LogP contribution in [0.4, 0.5) is 11.4 Å². The van der Waals surface area contributed by atoms with Gasteiger partial charge in [0.05, 0.1) is 15.2 Å². The van der Waals surface area contributed by atoms with Gasteiger partial charge in [0.2, 0.25) is 5.69 Å². The summed E-state index contributed by atoms with van der Waals surface area (Å²) in [7, 11) is -8.91. The Hall–Kier alpha value is -3.85. The third kappa shape index (κ3) is 8.79. The van der Waals surface area contributed by atoms with Crippen LogP contribution in [0.3, 0.4) is 0 Å². The zero-order valence-electron chi connectivity index (χ0n) is 29.8. The molecule has 0 radical (unpaired) electrons. The van der Waals surface area contributed by atoms with Crippen molar-refractivity contribution < 1.29 is 50.3 Å². The van der Waals surface area contributed by atoms with Crippen LogP contribution in [0, 0.1) is 0 Å². The fourth-order valence-electron chi connectivity index (χ4n) is 7.35. The van der Waals surface area contributed by atoms with Gasteiger partial charge in [0, 0.05) is 59.8 Å². The van der Waals surface area contributed by atoms with Gasteiger partial charge in [-0.2, -0.15) is 21.4 Å². The first-order valence-electron chi connectivity index (χ1n) is 17.2. The molecule has 4 N–H and O–H groups in total. The zero-order valence-corrected chi connectivity index (χ0v) is 31.5. The summed E-state index contributed by atoms with van der Waals surface area (Å²) in [6.07, 6.45) is 8.61. The number of carbonyl (C=O) groups is 2. The molecule has 278 valence electrons. The lowest BCUT2D eigenvalue weighted by Crippen LogP contribution is -2.31. The van der Waals surface area contributed by atoms with Gasteiger partial charge in [0.1, 0.15) is 6.54 Å². The lowest BCUT2D eigenvalue weighted by Gasteiger charge is -2.27. The second-order valence-electron chi connectivity index (χ2n) is 14.2. The molecule has 4 rings (SSSR count). The predicted octanol–water partition coefficient (Wildman–Crippen LogP) is 6.86. The second-order valence-corrected chi connectivity index (χ2v) is 17.1. The molecular weight excluding hydrogens is 697 g/mol. The molecule has 2 heterocycles. The van der Waals surface area contributed by atoms with Crippen LogP contribution in [0.25, 0.3) is 0 Å². The Labute approximate surface area is 300 Å². The smallest absolute Gasteiger partial charge is 0.303 e. The van der Waals surface area contributed by atoms with E-state index in [1.54, 1.807) is 12.1 Å². The average Bonchev–Trinajstić information content (AvgIpc) is 3.38. The van der Waals surface area contributed by atoms with E-state index >= 15 is 0 Å². The number of hydrogen-bond donors (Lipinski definition) is 4. The molecule has 51 heavy (non-hydrogen) atoms. The van der Waals surface area contributed by atoms with Gasteiger partial charge in [0.25, 0.3) is 20.2 Å². The number of unbranched alkanes of at least 4 members (excludes halogenated alkanes) is 4. The van der Waals surface area contributed by atoms with Crippen molar-refractivity contribution in [3.63, 3.8) is 0 Å².